The molecular weight excluding hydrogens is 346 g/mol. The first-order chi connectivity index (χ1) is 10.0. The molecule has 0 radical (unpaired) electrons. The number of halogens is 1. The summed E-state index contributed by atoms with van der Waals surface area (Å²) in [4.78, 5) is 0. The topological polar surface area (TPSA) is 25.2 Å². The van der Waals surface area contributed by atoms with Crippen molar-refractivity contribution in [3.8, 4) is 0 Å². The van der Waals surface area contributed by atoms with E-state index in [1.165, 1.54) is 26.8 Å². The average molecular weight is 364 g/mol. The third-order valence-electron chi connectivity index (χ3n) is 4.09. The highest BCUT2D eigenvalue weighted by Gasteiger charge is 2.24. The molecule has 0 fully saturated rings. The van der Waals surface area contributed by atoms with E-state index in [9.17, 15) is 0 Å². The van der Waals surface area contributed by atoms with Gasteiger partial charge in [0.25, 0.3) is 0 Å². The molecule has 2 nitrogen and oxygen atoms in total. The number of nitrogens with one attached hydrogen (secondary N) is 1. The number of hydrogen-bond acceptors (Lipinski definition) is 3. The number of furan rings is 1. The molecule has 21 heavy (non-hydrogen) atoms. The van der Waals surface area contributed by atoms with Crippen molar-refractivity contribution >= 4 is 37.4 Å². The van der Waals surface area contributed by atoms with Crippen molar-refractivity contribution in [2.24, 2.45) is 0 Å². The lowest BCUT2D eigenvalue weighted by Gasteiger charge is -2.17. The fraction of sp³-hybridized carbons (Fsp3) is 0.294. The second-order valence-corrected chi connectivity index (χ2v) is 7.02. The Labute approximate surface area is 137 Å². The van der Waals surface area contributed by atoms with Gasteiger partial charge in [-0.1, -0.05) is 12.1 Å². The van der Waals surface area contributed by atoms with E-state index in [1.807, 2.05) is 20.9 Å². The van der Waals surface area contributed by atoms with E-state index in [2.05, 4.69) is 51.7 Å². The van der Waals surface area contributed by atoms with Crippen LogP contribution in [0.2, 0.25) is 0 Å². The number of benzene rings is 1. The van der Waals surface area contributed by atoms with Gasteiger partial charge in [0, 0.05) is 14.7 Å². The highest BCUT2D eigenvalue weighted by molar-refractivity contribution is 9.10. The Kier molecular flexibility index (Phi) is 3.95. The van der Waals surface area contributed by atoms with E-state index in [0.717, 1.165) is 16.0 Å². The predicted molar refractivity (Wildman–Crippen MR) is 93.3 cm³/mol. The maximum atomic E-state index is 5.82. The molecule has 0 aliphatic heterocycles. The molecule has 0 aliphatic rings. The minimum absolute atomic E-state index is 0.158. The lowest BCUT2D eigenvalue weighted by Crippen LogP contribution is -2.18. The molecule has 110 valence electrons. The Morgan fingerprint density at radius 1 is 1.19 bits per heavy atom. The largest absolute Gasteiger partial charge is 0.466 e. The van der Waals surface area contributed by atoms with Gasteiger partial charge in [-0.05, 0) is 71.7 Å². The summed E-state index contributed by atoms with van der Waals surface area (Å²) in [5.74, 6) is 2.00. The van der Waals surface area contributed by atoms with Gasteiger partial charge in [-0.2, -0.15) is 0 Å². The van der Waals surface area contributed by atoms with Crippen molar-refractivity contribution in [1.82, 2.24) is 5.32 Å². The van der Waals surface area contributed by atoms with Crippen LogP contribution in [0.3, 0.4) is 0 Å². The maximum absolute atomic E-state index is 5.82. The van der Waals surface area contributed by atoms with Crippen LogP contribution in [0.25, 0.3) is 10.1 Å². The lowest BCUT2D eigenvalue weighted by atomic mass is 9.95. The fourth-order valence-corrected chi connectivity index (χ4v) is 4.60. The van der Waals surface area contributed by atoms with Crippen LogP contribution in [0, 0.1) is 20.8 Å². The van der Waals surface area contributed by atoms with E-state index in [1.54, 1.807) is 11.3 Å². The van der Waals surface area contributed by atoms with Crippen LogP contribution in [0.1, 0.15) is 34.3 Å². The molecule has 0 amide bonds. The van der Waals surface area contributed by atoms with Crippen LogP contribution in [0.4, 0.5) is 0 Å². The maximum Gasteiger partial charge on any atom is 0.106 e. The molecule has 1 atom stereocenters. The van der Waals surface area contributed by atoms with E-state index < -0.39 is 0 Å². The van der Waals surface area contributed by atoms with Crippen LogP contribution >= 0.6 is 27.3 Å². The number of fused-ring (bicyclic) bond motifs is 1. The van der Waals surface area contributed by atoms with E-state index in [4.69, 9.17) is 4.42 Å². The van der Waals surface area contributed by atoms with Crippen LogP contribution < -0.4 is 5.32 Å². The first-order valence-electron chi connectivity index (χ1n) is 6.94. The first-order valence-corrected chi connectivity index (χ1v) is 8.61. The average Bonchev–Trinajstić information content (AvgIpc) is 2.98. The van der Waals surface area contributed by atoms with Gasteiger partial charge < -0.3 is 9.73 Å². The highest BCUT2D eigenvalue weighted by Crippen LogP contribution is 2.39. The monoisotopic (exact) mass is 363 g/mol. The fourth-order valence-electron chi connectivity index (χ4n) is 2.96. The van der Waals surface area contributed by atoms with Gasteiger partial charge in [-0.3, -0.25) is 0 Å². The molecule has 1 aromatic carbocycles. The Bertz CT molecular complexity index is 803. The summed E-state index contributed by atoms with van der Waals surface area (Å²) in [6, 6.07) is 6.53. The molecule has 0 saturated carbocycles. The van der Waals surface area contributed by atoms with Gasteiger partial charge in [0.15, 0.2) is 0 Å². The molecule has 0 spiro atoms. The lowest BCUT2D eigenvalue weighted by molar-refractivity contribution is 0.496. The zero-order valence-electron chi connectivity index (χ0n) is 12.6. The summed E-state index contributed by atoms with van der Waals surface area (Å²) in [5, 5.41) is 7.00. The van der Waals surface area contributed by atoms with Crippen molar-refractivity contribution in [2.75, 3.05) is 7.05 Å². The summed E-state index contributed by atoms with van der Waals surface area (Å²) < 4.78 is 8.27. The van der Waals surface area contributed by atoms with Gasteiger partial charge in [0.2, 0.25) is 0 Å². The molecule has 3 aromatic rings. The van der Waals surface area contributed by atoms with Crippen LogP contribution in [-0.4, -0.2) is 7.05 Å². The molecule has 1 N–H and O–H groups in total. The predicted octanol–water partition coefficient (Wildman–Crippen LogP) is 5.49. The van der Waals surface area contributed by atoms with E-state index in [-0.39, 0.29) is 6.04 Å². The molecule has 1 unspecified atom stereocenters. The summed E-state index contributed by atoms with van der Waals surface area (Å²) >= 11 is 5.42. The van der Waals surface area contributed by atoms with Gasteiger partial charge in [0.1, 0.15) is 11.5 Å². The summed E-state index contributed by atoms with van der Waals surface area (Å²) in [6.07, 6.45) is 0. The Morgan fingerprint density at radius 2 is 1.95 bits per heavy atom. The Morgan fingerprint density at radius 3 is 2.57 bits per heavy atom. The number of hydrogen-bond donors (Lipinski definition) is 1. The molecule has 2 aromatic heterocycles. The van der Waals surface area contributed by atoms with Gasteiger partial charge in [-0.15, -0.1) is 11.3 Å². The molecule has 0 saturated heterocycles. The minimum atomic E-state index is 0.158. The third-order valence-corrected chi connectivity index (χ3v) is 6.06. The van der Waals surface area contributed by atoms with E-state index in [0.29, 0.717) is 0 Å². The Balaban J connectivity index is 2.21. The summed E-state index contributed by atoms with van der Waals surface area (Å²) in [5.41, 5.74) is 3.81. The zero-order valence-corrected chi connectivity index (χ0v) is 15.0. The summed E-state index contributed by atoms with van der Waals surface area (Å²) in [7, 11) is 2.01. The van der Waals surface area contributed by atoms with Crippen molar-refractivity contribution < 1.29 is 4.42 Å². The molecule has 3 rings (SSSR count). The second-order valence-electron chi connectivity index (χ2n) is 5.28. The zero-order chi connectivity index (χ0) is 15.1. The van der Waals surface area contributed by atoms with Crippen LogP contribution in [0.5, 0.6) is 0 Å². The summed E-state index contributed by atoms with van der Waals surface area (Å²) in [6.45, 7) is 6.21. The number of thiophene rings is 1. The molecule has 0 bridgehead atoms. The van der Waals surface area contributed by atoms with Crippen molar-refractivity contribution in [1.29, 1.82) is 0 Å². The Hall–Kier alpha value is -1.10. The van der Waals surface area contributed by atoms with Gasteiger partial charge in [0.05, 0.1) is 6.04 Å². The standard InChI is InChI=1S/C17H18BrNOS/c1-9-10(2)20-11(3)15(9)16(19-4)13-8-21-17-12(13)6-5-7-14(17)18/h5-8,16,19H,1-4H3. The molecule has 2 heterocycles. The number of rotatable bonds is 3. The minimum Gasteiger partial charge on any atom is -0.466 e. The normalized spacial score (nSPS) is 13.0. The van der Waals surface area contributed by atoms with Crippen molar-refractivity contribution in [3.63, 3.8) is 0 Å². The van der Waals surface area contributed by atoms with Crippen LogP contribution in [0.15, 0.2) is 32.5 Å². The quantitative estimate of drug-likeness (QED) is 0.665. The molecular formula is C17H18BrNOS. The van der Waals surface area contributed by atoms with Gasteiger partial charge >= 0.3 is 0 Å². The molecule has 0 aliphatic carbocycles. The first kappa shape index (κ1) is 14.8. The van der Waals surface area contributed by atoms with Crippen LogP contribution in [-0.2, 0) is 0 Å². The highest BCUT2D eigenvalue weighted by atomic mass is 79.9. The van der Waals surface area contributed by atoms with Gasteiger partial charge in [-0.25, -0.2) is 0 Å². The van der Waals surface area contributed by atoms with E-state index >= 15 is 0 Å². The second kappa shape index (κ2) is 5.59. The smallest absolute Gasteiger partial charge is 0.106 e. The van der Waals surface area contributed by atoms with Crippen molar-refractivity contribution in [3.05, 3.63) is 56.3 Å². The molecule has 4 heteroatoms. The van der Waals surface area contributed by atoms with Crippen molar-refractivity contribution in [2.45, 2.75) is 26.8 Å². The SMILES string of the molecule is CNC(c1c(C)oc(C)c1C)c1csc2c(Br)cccc12. The number of aryl methyl sites for hydroxylation is 2. The third kappa shape index (κ3) is 2.35.